The molecule has 1 amide bonds. The third kappa shape index (κ3) is 5.29. The number of hydrogen-bond donors (Lipinski definition) is 1. The zero-order valence-corrected chi connectivity index (χ0v) is 13.9. The summed E-state index contributed by atoms with van der Waals surface area (Å²) < 4.78 is 15.8. The molecule has 3 rings (SSSR count). The second-order valence-corrected chi connectivity index (χ2v) is 5.56. The molecule has 7 nitrogen and oxygen atoms in total. The van der Waals surface area contributed by atoms with Gasteiger partial charge in [0.1, 0.15) is 12.4 Å². The first kappa shape index (κ1) is 16.9. The molecule has 0 radical (unpaired) electrons. The summed E-state index contributed by atoms with van der Waals surface area (Å²) in [6.07, 6.45) is 2.31. The van der Waals surface area contributed by atoms with Gasteiger partial charge in [0.25, 0.3) is 0 Å². The number of nitrogens with zero attached hydrogens (tertiary/aromatic N) is 2. The monoisotopic (exact) mass is 341 g/mol. The Morgan fingerprint density at radius 2 is 2.16 bits per heavy atom. The number of ether oxygens (including phenoxy) is 1. The molecule has 0 saturated carbocycles. The largest absolute Gasteiger partial charge is 0.467 e. The molecule has 0 aliphatic heterocycles. The van der Waals surface area contributed by atoms with Crippen molar-refractivity contribution in [3.63, 3.8) is 0 Å². The van der Waals surface area contributed by atoms with E-state index >= 15 is 0 Å². The van der Waals surface area contributed by atoms with Crippen LogP contribution in [0, 0.1) is 6.92 Å². The molecule has 3 aromatic rings. The molecule has 2 heterocycles. The SMILES string of the molecule is Cc1noc(CCC(=O)Nc2cccc(COCc3ccco3)c2)n1. The van der Waals surface area contributed by atoms with Gasteiger partial charge in [0.05, 0.1) is 12.9 Å². The molecule has 0 spiro atoms. The lowest BCUT2D eigenvalue weighted by atomic mass is 10.2. The maximum absolute atomic E-state index is 12.0. The Morgan fingerprint density at radius 1 is 1.24 bits per heavy atom. The molecule has 0 unspecified atom stereocenters. The van der Waals surface area contributed by atoms with Crippen molar-refractivity contribution in [1.29, 1.82) is 0 Å². The summed E-state index contributed by atoms with van der Waals surface area (Å²) in [5.74, 6) is 1.70. The van der Waals surface area contributed by atoms with Gasteiger partial charge < -0.3 is 19.0 Å². The lowest BCUT2D eigenvalue weighted by molar-refractivity contribution is -0.116. The fourth-order valence-electron chi connectivity index (χ4n) is 2.29. The molecule has 1 aromatic carbocycles. The predicted octanol–water partition coefficient (Wildman–Crippen LogP) is 3.26. The van der Waals surface area contributed by atoms with E-state index in [9.17, 15) is 4.79 Å². The molecular formula is C18H19N3O4. The molecule has 0 fully saturated rings. The van der Waals surface area contributed by atoms with E-state index < -0.39 is 0 Å². The standard InChI is InChI=1S/C18H19N3O4/c1-13-19-18(25-21-13)8-7-17(22)20-15-5-2-4-14(10-15)11-23-12-16-6-3-9-24-16/h2-6,9-10H,7-8,11-12H2,1H3,(H,20,22). The highest BCUT2D eigenvalue weighted by Gasteiger charge is 2.08. The van der Waals surface area contributed by atoms with Gasteiger partial charge in [-0.05, 0) is 36.8 Å². The molecule has 0 atom stereocenters. The average Bonchev–Trinajstić information content (AvgIpc) is 3.25. The lowest BCUT2D eigenvalue weighted by Crippen LogP contribution is -2.12. The molecule has 0 aliphatic rings. The van der Waals surface area contributed by atoms with Crippen molar-refractivity contribution in [2.45, 2.75) is 33.0 Å². The van der Waals surface area contributed by atoms with E-state index in [1.54, 1.807) is 13.2 Å². The molecule has 0 bridgehead atoms. The Hall–Kier alpha value is -2.93. The number of amides is 1. The topological polar surface area (TPSA) is 90.4 Å². The van der Waals surface area contributed by atoms with Crippen LogP contribution >= 0.6 is 0 Å². The number of benzene rings is 1. The van der Waals surface area contributed by atoms with Crippen molar-refractivity contribution in [2.24, 2.45) is 0 Å². The third-order valence-corrected chi connectivity index (χ3v) is 3.44. The average molecular weight is 341 g/mol. The van der Waals surface area contributed by atoms with Crippen molar-refractivity contribution in [3.8, 4) is 0 Å². The van der Waals surface area contributed by atoms with E-state index in [0.29, 0.717) is 31.3 Å². The highest BCUT2D eigenvalue weighted by molar-refractivity contribution is 5.90. The highest BCUT2D eigenvalue weighted by atomic mass is 16.5. The number of aromatic nitrogens is 2. The van der Waals surface area contributed by atoms with Gasteiger partial charge in [-0.2, -0.15) is 4.98 Å². The number of anilines is 1. The Balaban J connectivity index is 1.46. The van der Waals surface area contributed by atoms with E-state index in [1.807, 2.05) is 36.4 Å². The minimum absolute atomic E-state index is 0.107. The lowest BCUT2D eigenvalue weighted by Gasteiger charge is -2.07. The van der Waals surface area contributed by atoms with Gasteiger partial charge in [0.2, 0.25) is 11.8 Å². The van der Waals surface area contributed by atoms with Crippen LogP contribution in [-0.2, 0) is 29.2 Å². The van der Waals surface area contributed by atoms with Crippen molar-refractivity contribution in [2.75, 3.05) is 5.32 Å². The van der Waals surface area contributed by atoms with Crippen LogP contribution < -0.4 is 5.32 Å². The molecule has 7 heteroatoms. The minimum atomic E-state index is -0.107. The van der Waals surface area contributed by atoms with Gasteiger partial charge in [-0.1, -0.05) is 17.3 Å². The summed E-state index contributed by atoms with van der Waals surface area (Å²) in [5, 5.41) is 6.56. The summed E-state index contributed by atoms with van der Waals surface area (Å²) in [4.78, 5) is 16.1. The molecule has 2 aromatic heterocycles. The molecule has 25 heavy (non-hydrogen) atoms. The molecular weight excluding hydrogens is 322 g/mol. The van der Waals surface area contributed by atoms with Gasteiger partial charge in [0.15, 0.2) is 5.82 Å². The van der Waals surface area contributed by atoms with Crippen molar-refractivity contribution in [3.05, 3.63) is 65.7 Å². The Morgan fingerprint density at radius 3 is 2.92 bits per heavy atom. The zero-order chi connectivity index (χ0) is 17.5. The quantitative estimate of drug-likeness (QED) is 0.676. The second kappa shape index (κ2) is 8.25. The van der Waals surface area contributed by atoms with E-state index in [4.69, 9.17) is 13.7 Å². The number of carbonyl (C=O) groups is 1. The van der Waals surface area contributed by atoms with Gasteiger partial charge in [0, 0.05) is 18.5 Å². The van der Waals surface area contributed by atoms with Crippen molar-refractivity contribution in [1.82, 2.24) is 10.1 Å². The van der Waals surface area contributed by atoms with E-state index in [1.165, 1.54) is 0 Å². The fourth-order valence-corrected chi connectivity index (χ4v) is 2.29. The summed E-state index contributed by atoms with van der Waals surface area (Å²) in [5.41, 5.74) is 1.70. The van der Waals surface area contributed by atoms with Crippen LogP contribution in [-0.4, -0.2) is 16.0 Å². The normalized spacial score (nSPS) is 10.8. The number of furan rings is 1. The molecule has 0 saturated heterocycles. The number of nitrogens with one attached hydrogen (secondary N) is 1. The summed E-state index contributed by atoms with van der Waals surface area (Å²) in [7, 11) is 0. The maximum Gasteiger partial charge on any atom is 0.227 e. The summed E-state index contributed by atoms with van der Waals surface area (Å²) >= 11 is 0. The maximum atomic E-state index is 12.0. The number of carbonyl (C=O) groups excluding carboxylic acids is 1. The first-order valence-electron chi connectivity index (χ1n) is 7.97. The van der Waals surface area contributed by atoms with Crippen molar-refractivity contribution >= 4 is 11.6 Å². The van der Waals surface area contributed by atoms with Crippen LogP contribution in [0.4, 0.5) is 5.69 Å². The Bertz CT molecular complexity index is 811. The Kier molecular flexibility index (Phi) is 5.58. The minimum Gasteiger partial charge on any atom is -0.467 e. The molecule has 130 valence electrons. The second-order valence-electron chi connectivity index (χ2n) is 5.56. The highest BCUT2D eigenvalue weighted by Crippen LogP contribution is 2.13. The fraction of sp³-hybridized carbons (Fsp3) is 0.278. The van der Waals surface area contributed by atoms with Crippen molar-refractivity contribution < 1.29 is 18.5 Å². The first-order valence-corrected chi connectivity index (χ1v) is 7.97. The van der Waals surface area contributed by atoms with Gasteiger partial charge >= 0.3 is 0 Å². The zero-order valence-electron chi connectivity index (χ0n) is 13.9. The number of hydrogen-bond acceptors (Lipinski definition) is 6. The van der Waals surface area contributed by atoms with E-state index in [2.05, 4.69) is 15.5 Å². The predicted molar refractivity (Wildman–Crippen MR) is 89.6 cm³/mol. The smallest absolute Gasteiger partial charge is 0.227 e. The first-order chi connectivity index (χ1) is 12.2. The van der Waals surface area contributed by atoms with Crippen LogP contribution in [0.15, 0.2) is 51.6 Å². The van der Waals surface area contributed by atoms with Crippen LogP contribution in [0.1, 0.15) is 29.5 Å². The number of aryl methyl sites for hydroxylation is 2. The summed E-state index contributed by atoms with van der Waals surface area (Å²) in [6, 6.07) is 11.2. The van der Waals surface area contributed by atoms with Gasteiger partial charge in [-0.15, -0.1) is 0 Å². The van der Waals surface area contributed by atoms with Crippen LogP contribution in [0.2, 0.25) is 0 Å². The summed E-state index contributed by atoms with van der Waals surface area (Å²) in [6.45, 7) is 2.59. The number of rotatable bonds is 8. The van der Waals surface area contributed by atoms with Crippen LogP contribution in [0.25, 0.3) is 0 Å². The molecule has 1 N–H and O–H groups in total. The van der Waals surface area contributed by atoms with E-state index in [-0.39, 0.29) is 12.3 Å². The van der Waals surface area contributed by atoms with Gasteiger partial charge in [-0.3, -0.25) is 4.79 Å². The third-order valence-electron chi connectivity index (χ3n) is 3.44. The Labute approximate surface area is 145 Å². The van der Waals surface area contributed by atoms with Gasteiger partial charge in [-0.25, -0.2) is 0 Å². The van der Waals surface area contributed by atoms with E-state index in [0.717, 1.165) is 17.0 Å². The molecule has 0 aliphatic carbocycles. The van der Waals surface area contributed by atoms with Crippen LogP contribution in [0.3, 0.4) is 0 Å². The van der Waals surface area contributed by atoms with Crippen LogP contribution in [0.5, 0.6) is 0 Å².